The van der Waals surface area contributed by atoms with Crippen molar-refractivity contribution < 1.29 is 19.4 Å². The van der Waals surface area contributed by atoms with Gasteiger partial charge in [0.2, 0.25) is 0 Å². The van der Waals surface area contributed by atoms with Gasteiger partial charge >= 0.3 is 5.97 Å². The lowest BCUT2D eigenvalue weighted by Crippen LogP contribution is -2.45. The number of carbonyl (C=O) groups is 2. The molecule has 1 amide bonds. The van der Waals surface area contributed by atoms with Gasteiger partial charge in [-0.3, -0.25) is 9.59 Å². The zero-order chi connectivity index (χ0) is 16.7. The van der Waals surface area contributed by atoms with Gasteiger partial charge in [-0.05, 0) is 18.4 Å². The Balaban J connectivity index is 2.09. The minimum atomic E-state index is -0.828. The van der Waals surface area contributed by atoms with Gasteiger partial charge in [0, 0.05) is 13.2 Å². The number of nitrogens with one attached hydrogen (secondary N) is 1. The lowest BCUT2D eigenvalue weighted by Gasteiger charge is -2.28. The van der Waals surface area contributed by atoms with Gasteiger partial charge in [-0.25, -0.2) is 0 Å². The minimum Gasteiger partial charge on any atom is -0.481 e. The third kappa shape index (κ3) is 4.79. The zero-order valence-electron chi connectivity index (χ0n) is 13.5. The fourth-order valence-corrected chi connectivity index (χ4v) is 3.23. The minimum absolute atomic E-state index is 0.268. The number of carboxylic acid groups (broad SMARTS) is 1. The van der Waals surface area contributed by atoms with Crippen LogP contribution in [0.25, 0.3) is 0 Å². The standard InChI is InChI=1S/C18H25NO4/c1-23-16(13-9-5-4-6-10-13)17(20)19-15-12-8-3-2-7-11-14(15)18(21)22/h4-6,9-10,14-16H,2-3,7-8,11-12H2,1H3,(H,19,20)(H,21,22)/t14?,15?,16-/m1/s1. The van der Waals surface area contributed by atoms with Crippen LogP contribution in [-0.4, -0.2) is 30.1 Å². The molecule has 2 N–H and O–H groups in total. The van der Waals surface area contributed by atoms with E-state index in [2.05, 4.69) is 5.32 Å². The predicted molar refractivity (Wildman–Crippen MR) is 87.0 cm³/mol. The number of ether oxygens (including phenoxy) is 1. The number of hydrogen-bond acceptors (Lipinski definition) is 3. The molecular weight excluding hydrogens is 294 g/mol. The topological polar surface area (TPSA) is 75.6 Å². The molecule has 0 bridgehead atoms. The van der Waals surface area contributed by atoms with Gasteiger partial charge in [-0.15, -0.1) is 0 Å². The van der Waals surface area contributed by atoms with Crippen LogP contribution in [0.5, 0.6) is 0 Å². The Hall–Kier alpha value is -1.88. The highest BCUT2D eigenvalue weighted by Gasteiger charge is 2.32. The number of carbonyl (C=O) groups excluding carboxylic acids is 1. The average molecular weight is 319 g/mol. The Kier molecular flexibility index (Phi) is 6.59. The molecule has 2 rings (SSSR count). The molecule has 0 spiro atoms. The van der Waals surface area contributed by atoms with Crippen LogP contribution >= 0.6 is 0 Å². The molecule has 2 unspecified atom stereocenters. The predicted octanol–water partition coefficient (Wildman–Crippen LogP) is 2.91. The first-order valence-electron chi connectivity index (χ1n) is 8.24. The molecule has 1 aliphatic carbocycles. The van der Waals surface area contributed by atoms with E-state index in [-0.39, 0.29) is 11.9 Å². The van der Waals surface area contributed by atoms with E-state index in [0.717, 1.165) is 31.2 Å². The second kappa shape index (κ2) is 8.67. The molecule has 0 aromatic heterocycles. The summed E-state index contributed by atoms with van der Waals surface area (Å²) < 4.78 is 5.33. The normalized spacial score (nSPS) is 23.3. The molecule has 1 saturated carbocycles. The second-order valence-electron chi connectivity index (χ2n) is 6.08. The highest BCUT2D eigenvalue weighted by Crippen LogP contribution is 2.25. The maximum atomic E-state index is 12.6. The van der Waals surface area contributed by atoms with E-state index < -0.39 is 18.0 Å². The van der Waals surface area contributed by atoms with Crippen LogP contribution in [0.3, 0.4) is 0 Å². The number of amides is 1. The van der Waals surface area contributed by atoms with E-state index in [0.29, 0.717) is 12.8 Å². The summed E-state index contributed by atoms with van der Waals surface area (Å²) in [7, 11) is 1.49. The van der Waals surface area contributed by atoms with Crippen LogP contribution in [0, 0.1) is 5.92 Å². The highest BCUT2D eigenvalue weighted by atomic mass is 16.5. The molecule has 0 saturated heterocycles. The number of hydrogen-bond donors (Lipinski definition) is 2. The average Bonchev–Trinajstić information content (AvgIpc) is 2.51. The maximum absolute atomic E-state index is 12.6. The van der Waals surface area contributed by atoms with Crippen molar-refractivity contribution in [3.05, 3.63) is 35.9 Å². The van der Waals surface area contributed by atoms with E-state index >= 15 is 0 Å². The van der Waals surface area contributed by atoms with E-state index in [4.69, 9.17) is 4.74 Å². The van der Waals surface area contributed by atoms with Gasteiger partial charge in [0.25, 0.3) is 5.91 Å². The van der Waals surface area contributed by atoms with Gasteiger partial charge in [-0.2, -0.15) is 0 Å². The summed E-state index contributed by atoms with van der Waals surface area (Å²) in [6, 6.07) is 8.92. The summed E-state index contributed by atoms with van der Waals surface area (Å²) in [6.45, 7) is 0. The smallest absolute Gasteiger partial charge is 0.308 e. The Morgan fingerprint density at radius 2 is 1.78 bits per heavy atom. The maximum Gasteiger partial charge on any atom is 0.308 e. The molecule has 0 radical (unpaired) electrons. The molecule has 1 aromatic rings. The molecule has 126 valence electrons. The third-order valence-corrected chi connectivity index (χ3v) is 4.49. The summed E-state index contributed by atoms with van der Waals surface area (Å²) >= 11 is 0. The lowest BCUT2D eigenvalue weighted by molar-refractivity contribution is -0.144. The summed E-state index contributed by atoms with van der Waals surface area (Å²) in [5, 5.41) is 12.4. The number of methoxy groups -OCH3 is 1. The molecule has 1 aromatic carbocycles. The highest BCUT2D eigenvalue weighted by molar-refractivity contribution is 5.83. The van der Waals surface area contributed by atoms with Crippen molar-refractivity contribution >= 4 is 11.9 Å². The summed E-state index contributed by atoms with van der Waals surface area (Å²) in [5.41, 5.74) is 0.769. The molecule has 5 nitrogen and oxygen atoms in total. The van der Waals surface area contributed by atoms with E-state index in [1.807, 2.05) is 30.3 Å². The van der Waals surface area contributed by atoms with E-state index in [1.165, 1.54) is 7.11 Å². The van der Waals surface area contributed by atoms with Crippen molar-refractivity contribution in [2.45, 2.75) is 50.7 Å². The van der Waals surface area contributed by atoms with Crippen molar-refractivity contribution in [2.24, 2.45) is 5.92 Å². The lowest BCUT2D eigenvalue weighted by atomic mass is 9.86. The molecule has 0 heterocycles. The summed E-state index contributed by atoms with van der Waals surface area (Å²) in [5.74, 6) is -1.62. The van der Waals surface area contributed by atoms with Gasteiger partial charge in [-0.1, -0.05) is 56.0 Å². The number of aliphatic carboxylic acids is 1. The third-order valence-electron chi connectivity index (χ3n) is 4.49. The van der Waals surface area contributed by atoms with E-state index in [1.54, 1.807) is 0 Å². The fourth-order valence-electron chi connectivity index (χ4n) is 3.23. The SMILES string of the molecule is CO[C@@H](C(=O)NC1CCCCCCC1C(=O)O)c1ccccc1. The monoisotopic (exact) mass is 319 g/mol. The quantitative estimate of drug-likeness (QED) is 0.875. The Morgan fingerprint density at radius 3 is 2.39 bits per heavy atom. The Labute approximate surface area is 137 Å². The van der Waals surface area contributed by atoms with Gasteiger partial charge in [0.05, 0.1) is 5.92 Å². The van der Waals surface area contributed by atoms with Crippen molar-refractivity contribution in [2.75, 3.05) is 7.11 Å². The van der Waals surface area contributed by atoms with Crippen molar-refractivity contribution in [1.82, 2.24) is 5.32 Å². The first kappa shape index (κ1) is 17.5. The molecule has 0 aliphatic heterocycles. The molecule has 3 atom stereocenters. The molecule has 1 aliphatic rings. The van der Waals surface area contributed by atoms with Crippen LogP contribution in [0.2, 0.25) is 0 Å². The van der Waals surface area contributed by atoms with Crippen molar-refractivity contribution in [1.29, 1.82) is 0 Å². The van der Waals surface area contributed by atoms with Gasteiger partial charge < -0.3 is 15.2 Å². The summed E-state index contributed by atoms with van der Waals surface area (Å²) in [4.78, 5) is 24.1. The van der Waals surface area contributed by atoms with Crippen molar-refractivity contribution in [3.63, 3.8) is 0 Å². The molecule has 1 fully saturated rings. The first-order chi connectivity index (χ1) is 11.1. The van der Waals surface area contributed by atoms with Crippen LogP contribution in [-0.2, 0) is 14.3 Å². The largest absolute Gasteiger partial charge is 0.481 e. The van der Waals surface area contributed by atoms with Crippen LogP contribution in [0.15, 0.2) is 30.3 Å². The molecule has 5 heteroatoms. The molecular formula is C18H25NO4. The number of benzene rings is 1. The van der Waals surface area contributed by atoms with Crippen LogP contribution in [0.4, 0.5) is 0 Å². The first-order valence-corrected chi connectivity index (χ1v) is 8.24. The Morgan fingerprint density at radius 1 is 1.13 bits per heavy atom. The van der Waals surface area contributed by atoms with Gasteiger partial charge in [0.15, 0.2) is 6.10 Å². The fraction of sp³-hybridized carbons (Fsp3) is 0.556. The molecule has 23 heavy (non-hydrogen) atoms. The van der Waals surface area contributed by atoms with Crippen LogP contribution in [0.1, 0.15) is 50.2 Å². The van der Waals surface area contributed by atoms with E-state index in [9.17, 15) is 14.7 Å². The van der Waals surface area contributed by atoms with Crippen LogP contribution < -0.4 is 5.32 Å². The summed E-state index contributed by atoms with van der Waals surface area (Å²) in [6.07, 6.45) is 4.60. The zero-order valence-corrected chi connectivity index (χ0v) is 13.5. The number of rotatable bonds is 5. The number of carboxylic acids is 1. The second-order valence-corrected chi connectivity index (χ2v) is 6.08. The van der Waals surface area contributed by atoms with Gasteiger partial charge in [0.1, 0.15) is 0 Å². The Bertz CT molecular complexity index is 517. The van der Waals surface area contributed by atoms with Crippen molar-refractivity contribution in [3.8, 4) is 0 Å².